The SMILES string of the molecule is Cc1ccc(C)c(N(C(=O)Cn2nnc3ccccc32)[C@@H](C(=O)NCc2ccco2)c2cccs2)c1. The van der Waals surface area contributed by atoms with Crippen molar-refractivity contribution in [3.63, 3.8) is 0 Å². The fourth-order valence-corrected chi connectivity index (χ4v) is 4.95. The molecule has 0 saturated heterocycles. The summed E-state index contributed by atoms with van der Waals surface area (Å²) in [5.74, 6) is 0.0597. The Morgan fingerprint density at radius 3 is 2.72 bits per heavy atom. The smallest absolute Gasteiger partial charge is 0.249 e. The van der Waals surface area contributed by atoms with Crippen LogP contribution in [0.1, 0.15) is 27.8 Å². The largest absolute Gasteiger partial charge is 0.467 e. The molecule has 0 fully saturated rings. The number of rotatable bonds is 8. The molecular weight excluding hydrogens is 474 g/mol. The van der Waals surface area contributed by atoms with Crippen LogP contribution in [0.2, 0.25) is 0 Å². The fourth-order valence-electron chi connectivity index (χ4n) is 4.14. The van der Waals surface area contributed by atoms with Crippen LogP contribution >= 0.6 is 11.3 Å². The second-order valence-electron chi connectivity index (χ2n) is 8.50. The lowest BCUT2D eigenvalue weighted by atomic mass is 10.1. The minimum atomic E-state index is -0.872. The summed E-state index contributed by atoms with van der Waals surface area (Å²) in [5, 5.41) is 13.2. The highest BCUT2D eigenvalue weighted by Crippen LogP contribution is 2.34. The molecule has 0 aliphatic heterocycles. The molecule has 0 unspecified atom stereocenters. The topological polar surface area (TPSA) is 93.3 Å². The maximum Gasteiger partial charge on any atom is 0.249 e. The van der Waals surface area contributed by atoms with Crippen molar-refractivity contribution in [1.82, 2.24) is 20.3 Å². The molecule has 9 heteroatoms. The maximum atomic E-state index is 14.0. The van der Waals surface area contributed by atoms with E-state index in [1.807, 2.05) is 73.8 Å². The van der Waals surface area contributed by atoms with E-state index in [9.17, 15) is 9.59 Å². The van der Waals surface area contributed by atoms with E-state index < -0.39 is 6.04 Å². The molecule has 0 aliphatic carbocycles. The van der Waals surface area contributed by atoms with Gasteiger partial charge in [0.1, 0.15) is 23.9 Å². The minimum absolute atomic E-state index is 0.0682. The van der Waals surface area contributed by atoms with Crippen molar-refractivity contribution < 1.29 is 14.0 Å². The highest BCUT2D eigenvalue weighted by Gasteiger charge is 2.34. The van der Waals surface area contributed by atoms with E-state index in [0.717, 1.165) is 21.5 Å². The van der Waals surface area contributed by atoms with E-state index in [4.69, 9.17) is 4.42 Å². The molecule has 1 N–H and O–H groups in total. The summed E-state index contributed by atoms with van der Waals surface area (Å²) in [4.78, 5) is 30.1. The molecule has 8 nitrogen and oxygen atoms in total. The lowest BCUT2D eigenvalue weighted by Gasteiger charge is -2.32. The van der Waals surface area contributed by atoms with Crippen LogP contribution in [0, 0.1) is 13.8 Å². The monoisotopic (exact) mass is 499 g/mol. The normalized spacial score (nSPS) is 11.9. The number of fused-ring (bicyclic) bond motifs is 1. The number of carbonyl (C=O) groups excluding carboxylic acids is 2. The third-order valence-electron chi connectivity index (χ3n) is 5.93. The van der Waals surface area contributed by atoms with Crippen molar-refractivity contribution in [1.29, 1.82) is 0 Å². The van der Waals surface area contributed by atoms with Crippen LogP contribution in [-0.4, -0.2) is 26.8 Å². The van der Waals surface area contributed by atoms with Crippen LogP contribution < -0.4 is 10.2 Å². The second-order valence-corrected chi connectivity index (χ2v) is 9.48. The molecule has 2 aromatic carbocycles. The summed E-state index contributed by atoms with van der Waals surface area (Å²) in [5.41, 5.74) is 4.01. The first-order chi connectivity index (χ1) is 17.5. The van der Waals surface area contributed by atoms with Gasteiger partial charge in [0.05, 0.1) is 18.3 Å². The molecular formula is C27H25N5O3S. The summed E-state index contributed by atoms with van der Waals surface area (Å²) < 4.78 is 6.95. The standard InChI is InChI=1S/C27H25N5O3S/c1-18-11-12-19(2)23(15-18)32(25(33)17-31-22-9-4-3-8-21(22)29-30-31)26(24-10-6-14-36-24)27(34)28-16-20-7-5-13-35-20/h3-15,26H,16-17H2,1-2H3,(H,28,34)/t26-/m1/s1. The van der Waals surface area contributed by atoms with Crippen molar-refractivity contribution in [2.75, 3.05) is 4.90 Å². The molecule has 2 amide bonds. The van der Waals surface area contributed by atoms with Crippen LogP contribution in [-0.2, 0) is 22.7 Å². The van der Waals surface area contributed by atoms with Gasteiger partial charge in [0.2, 0.25) is 11.8 Å². The first-order valence-electron chi connectivity index (χ1n) is 11.5. The molecule has 0 bridgehead atoms. The van der Waals surface area contributed by atoms with Gasteiger partial charge in [-0.3, -0.25) is 14.5 Å². The number of benzene rings is 2. The van der Waals surface area contributed by atoms with Crippen molar-refractivity contribution >= 4 is 39.9 Å². The zero-order valence-electron chi connectivity index (χ0n) is 19.9. The van der Waals surface area contributed by atoms with Crippen molar-refractivity contribution in [2.24, 2.45) is 0 Å². The number of hydrogen-bond donors (Lipinski definition) is 1. The van der Waals surface area contributed by atoms with Gasteiger partial charge >= 0.3 is 0 Å². The Morgan fingerprint density at radius 2 is 1.94 bits per heavy atom. The highest BCUT2D eigenvalue weighted by atomic mass is 32.1. The van der Waals surface area contributed by atoms with Crippen LogP contribution in [0.25, 0.3) is 11.0 Å². The summed E-state index contributed by atoms with van der Waals surface area (Å²) >= 11 is 1.43. The molecule has 36 heavy (non-hydrogen) atoms. The lowest BCUT2D eigenvalue weighted by Crippen LogP contribution is -2.45. The van der Waals surface area contributed by atoms with E-state index >= 15 is 0 Å². The number of aryl methyl sites for hydroxylation is 2. The molecule has 0 aliphatic rings. The molecule has 0 spiro atoms. The predicted molar refractivity (Wildman–Crippen MR) is 139 cm³/mol. The number of amides is 2. The van der Waals surface area contributed by atoms with E-state index in [0.29, 0.717) is 17.0 Å². The quantitative estimate of drug-likeness (QED) is 0.331. The predicted octanol–water partition coefficient (Wildman–Crippen LogP) is 4.79. The van der Waals surface area contributed by atoms with Crippen molar-refractivity contribution in [3.8, 4) is 0 Å². The van der Waals surface area contributed by atoms with Gasteiger partial charge < -0.3 is 9.73 Å². The number of furan rings is 1. The number of anilines is 1. The van der Waals surface area contributed by atoms with Gasteiger partial charge in [-0.1, -0.05) is 35.5 Å². The second kappa shape index (κ2) is 10.2. The van der Waals surface area contributed by atoms with Gasteiger partial charge in [0.25, 0.3) is 0 Å². The van der Waals surface area contributed by atoms with Crippen molar-refractivity contribution in [3.05, 3.63) is 100 Å². The van der Waals surface area contributed by atoms with Crippen LogP contribution in [0.15, 0.2) is 82.8 Å². The van der Waals surface area contributed by atoms with Crippen LogP contribution in [0.3, 0.4) is 0 Å². The number of thiophene rings is 1. The number of aromatic nitrogens is 3. The summed E-state index contributed by atoms with van der Waals surface area (Å²) in [6, 6.07) is 19.8. The summed E-state index contributed by atoms with van der Waals surface area (Å²) in [7, 11) is 0. The molecule has 0 radical (unpaired) electrons. The first-order valence-corrected chi connectivity index (χ1v) is 12.4. The molecule has 5 aromatic rings. The Hall–Kier alpha value is -4.24. The van der Waals surface area contributed by atoms with Gasteiger partial charge in [0.15, 0.2) is 0 Å². The van der Waals surface area contributed by atoms with Crippen LogP contribution in [0.4, 0.5) is 5.69 Å². The summed E-state index contributed by atoms with van der Waals surface area (Å²) in [6.07, 6.45) is 1.56. The number of para-hydroxylation sites is 1. The molecule has 1 atom stereocenters. The average molecular weight is 500 g/mol. The van der Waals surface area contributed by atoms with E-state index in [1.165, 1.54) is 11.3 Å². The minimum Gasteiger partial charge on any atom is -0.467 e. The number of nitrogens with zero attached hydrogens (tertiary/aromatic N) is 4. The molecule has 182 valence electrons. The Labute approximate surface area is 212 Å². The van der Waals surface area contributed by atoms with Gasteiger partial charge in [-0.15, -0.1) is 16.4 Å². The molecule has 5 rings (SSSR count). The molecule has 3 aromatic heterocycles. The van der Waals surface area contributed by atoms with E-state index in [-0.39, 0.29) is 24.9 Å². The Kier molecular flexibility index (Phi) is 6.64. The third-order valence-corrected chi connectivity index (χ3v) is 6.86. The maximum absolute atomic E-state index is 14.0. The molecule has 0 saturated carbocycles. The van der Waals surface area contributed by atoms with Gasteiger partial charge in [-0.2, -0.15) is 0 Å². The summed E-state index contributed by atoms with van der Waals surface area (Å²) in [6.45, 7) is 4.05. The van der Waals surface area contributed by atoms with E-state index in [2.05, 4.69) is 15.6 Å². The fraction of sp³-hybridized carbons (Fsp3) is 0.185. The van der Waals surface area contributed by atoms with Gasteiger partial charge in [-0.25, -0.2) is 4.68 Å². The Bertz CT molecular complexity index is 1490. The highest BCUT2D eigenvalue weighted by molar-refractivity contribution is 7.10. The number of nitrogens with one attached hydrogen (secondary N) is 1. The third kappa shape index (κ3) is 4.78. The van der Waals surface area contributed by atoms with Crippen molar-refractivity contribution in [2.45, 2.75) is 33.0 Å². The zero-order valence-corrected chi connectivity index (χ0v) is 20.7. The number of hydrogen-bond acceptors (Lipinski definition) is 6. The van der Waals surface area contributed by atoms with Gasteiger partial charge in [0, 0.05) is 10.6 Å². The van der Waals surface area contributed by atoms with Gasteiger partial charge in [-0.05, 0) is 66.8 Å². The Morgan fingerprint density at radius 1 is 1.08 bits per heavy atom. The van der Waals surface area contributed by atoms with Crippen LogP contribution in [0.5, 0.6) is 0 Å². The Balaban J connectivity index is 1.56. The first kappa shape index (κ1) is 23.5. The lowest BCUT2D eigenvalue weighted by molar-refractivity contribution is -0.127. The number of carbonyl (C=O) groups is 2. The zero-order chi connectivity index (χ0) is 25.1. The molecule has 3 heterocycles. The van der Waals surface area contributed by atoms with E-state index in [1.54, 1.807) is 28.0 Å². The average Bonchev–Trinajstić information content (AvgIpc) is 3.66.